The topological polar surface area (TPSA) is 30.5 Å². The van der Waals surface area contributed by atoms with Crippen LogP contribution in [0.25, 0.3) is 0 Å². The van der Waals surface area contributed by atoms with E-state index in [9.17, 15) is 0 Å². The number of rotatable bonds is 7. The van der Waals surface area contributed by atoms with Gasteiger partial charge < -0.3 is 14.8 Å². The Morgan fingerprint density at radius 1 is 1.06 bits per heavy atom. The Hall–Kier alpha value is -1.38. The molecule has 0 fully saturated rings. The second-order valence-electron chi connectivity index (χ2n) is 3.60. The third kappa shape index (κ3) is 3.65. The zero-order valence-electron chi connectivity index (χ0n) is 10.4. The number of ether oxygens (including phenoxy) is 2. The largest absolute Gasteiger partial charge is 0.493 e. The summed E-state index contributed by atoms with van der Waals surface area (Å²) in [7, 11) is 1.89. The lowest BCUT2D eigenvalue weighted by Crippen LogP contribution is -2.01. The monoisotopic (exact) mass is 223 g/mol. The molecular formula is C13H21NO2. The molecule has 1 N–H and O–H groups in total. The van der Waals surface area contributed by atoms with Crippen molar-refractivity contribution in [1.29, 1.82) is 0 Å². The molecular weight excluding hydrogens is 202 g/mol. The van der Waals surface area contributed by atoms with E-state index in [2.05, 4.69) is 19.2 Å². The first kappa shape index (κ1) is 12.7. The van der Waals surface area contributed by atoms with Crippen molar-refractivity contribution >= 4 is 5.69 Å². The molecule has 0 radical (unpaired) electrons. The zero-order chi connectivity index (χ0) is 11.8. The third-order valence-corrected chi connectivity index (χ3v) is 2.16. The van der Waals surface area contributed by atoms with Crippen LogP contribution in [-0.2, 0) is 0 Å². The highest BCUT2D eigenvalue weighted by Crippen LogP contribution is 2.29. The van der Waals surface area contributed by atoms with Gasteiger partial charge in [0.2, 0.25) is 0 Å². The first-order valence-electron chi connectivity index (χ1n) is 5.89. The van der Waals surface area contributed by atoms with E-state index < -0.39 is 0 Å². The van der Waals surface area contributed by atoms with Gasteiger partial charge in [-0.3, -0.25) is 0 Å². The van der Waals surface area contributed by atoms with E-state index in [0.717, 1.165) is 43.2 Å². The minimum absolute atomic E-state index is 0.728. The molecule has 0 saturated carbocycles. The van der Waals surface area contributed by atoms with Gasteiger partial charge in [-0.25, -0.2) is 0 Å². The van der Waals surface area contributed by atoms with Gasteiger partial charge in [-0.15, -0.1) is 0 Å². The molecule has 0 aliphatic heterocycles. The van der Waals surface area contributed by atoms with E-state index in [1.165, 1.54) is 0 Å². The molecule has 16 heavy (non-hydrogen) atoms. The van der Waals surface area contributed by atoms with Gasteiger partial charge in [-0.2, -0.15) is 0 Å². The van der Waals surface area contributed by atoms with Crippen molar-refractivity contribution in [2.24, 2.45) is 0 Å². The molecule has 0 spiro atoms. The fraction of sp³-hybridized carbons (Fsp3) is 0.538. The van der Waals surface area contributed by atoms with E-state index in [-0.39, 0.29) is 0 Å². The smallest absolute Gasteiger partial charge is 0.146 e. The van der Waals surface area contributed by atoms with E-state index in [1.54, 1.807) is 0 Å². The van der Waals surface area contributed by atoms with Crippen molar-refractivity contribution in [2.45, 2.75) is 26.7 Å². The molecule has 0 aliphatic rings. The van der Waals surface area contributed by atoms with Gasteiger partial charge in [0.05, 0.1) is 18.9 Å². The quantitative estimate of drug-likeness (QED) is 0.769. The van der Waals surface area contributed by atoms with Gasteiger partial charge in [-0.1, -0.05) is 13.8 Å². The van der Waals surface area contributed by atoms with Crippen LogP contribution in [0.2, 0.25) is 0 Å². The Labute approximate surface area is 97.8 Å². The lowest BCUT2D eigenvalue weighted by Gasteiger charge is -2.12. The van der Waals surface area contributed by atoms with E-state index >= 15 is 0 Å². The van der Waals surface area contributed by atoms with Gasteiger partial charge >= 0.3 is 0 Å². The summed E-state index contributed by atoms with van der Waals surface area (Å²) in [5.74, 6) is 1.73. The summed E-state index contributed by atoms with van der Waals surface area (Å²) in [5.41, 5.74) is 0.997. The van der Waals surface area contributed by atoms with Crippen molar-refractivity contribution in [3.63, 3.8) is 0 Å². The number of nitrogens with one attached hydrogen (secondary N) is 1. The fourth-order valence-corrected chi connectivity index (χ4v) is 1.35. The summed E-state index contributed by atoms with van der Waals surface area (Å²) < 4.78 is 11.2. The molecule has 1 rings (SSSR count). The SMILES string of the molecule is CCCOc1ccc(NC)c(OCCC)c1. The molecule has 0 amide bonds. The summed E-state index contributed by atoms with van der Waals surface area (Å²) in [6.45, 7) is 5.66. The summed E-state index contributed by atoms with van der Waals surface area (Å²) in [6.07, 6.45) is 2.02. The Morgan fingerprint density at radius 3 is 2.38 bits per heavy atom. The average Bonchev–Trinajstić information content (AvgIpc) is 2.33. The summed E-state index contributed by atoms with van der Waals surface area (Å²) in [5, 5.41) is 3.11. The standard InChI is InChI=1S/C13H21NO2/c1-4-8-15-11-6-7-12(14-3)13(10-11)16-9-5-2/h6-7,10,14H,4-5,8-9H2,1-3H3. The minimum atomic E-state index is 0.728. The van der Waals surface area contributed by atoms with E-state index in [0.29, 0.717) is 0 Å². The molecule has 0 bridgehead atoms. The van der Waals surface area contributed by atoms with Crippen LogP contribution in [0.1, 0.15) is 26.7 Å². The second kappa shape index (κ2) is 6.99. The summed E-state index contributed by atoms with van der Waals surface area (Å²) in [6, 6.07) is 5.88. The maximum atomic E-state index is 5.66. The normalized spacial score (nSPS) is 9.94. The van der Waals surface area contributed by atoms with Crippen molar-refractivity contribution in [3.05, 3.63) is 18.2 Å². The molecule has 90 valence electrons. The zero-order valence-corrected chi connectivity index (χ0v) is 10.4. The highest BCUT2D eigenvalue weighted by molar-refractivity contribution is 5.58. The van der Waals surface area contributed by atoms with Gasteiger partial charge in [0, 0.05) is 13.1 Å². The molecule has 1 aromatic rings. The highest BCUT2D eigenvalue weighted by atomic mass is 16.5. The maximum absolute atomic E-state index is 5.66. The first-order chi connectivity index (χ1) is 7.81. The summed E-state index contributed by atoms with van der Waals surface area (Å²) in [4.78, 5) is 0. The Bertz CT molecular complexity index is 313. The van der Waals surface area contributed by atoms with Crippen LogP contribution in [0.4, 0.5) is 5.69 Å². The van der Waals surface area contributed by atoms with Crippen LogP contribution >= 0.6 is 0 Å². The molecule has 0 heterocycles. The van der Waals surface area contributed by atoms with Gasteiger partial charge in [0.25, 0.3) is 0 Å². The lowest BCUT2D eigenvalue weighted by atomic mass is 10.2. The minimum Gasteiger partial charge on any atom is -0.493 e. The molecule has 0 atom stereocenters. The van der Waals surface area contributed by atoms with Crippen LogP contribution in [0, 0.1) is 0 Å². The molecule has 0 unspecified atom stereocenters. The molecule has 3 nitrogen and oxygen atoms in total. The maximum Gasteiger partial charge on any atom is 0.146 e. The molecule has 0 aliphatic carbocycles. The number of hydrogen-bond donors (Lipinski definition) is 1. The molecule has 0 saturated heterocycles. The predicted octanol–water partition coefficient (Wildman–Crippen LogP) is 3.31. The molecule has 3 heteroatoms. The number of benzene rings is 1. The van der Waals surface area contributed by atoms with Crippen LogP contribution in [0.15, 0.2) is 18.2 Å². The van der Waals surface area contributed by atoms with Crippen molar-refractivity contribution < 1.29 is 9.47 Å². The summed E-state index contributed by atoms with van der Waals surface area (Å²) >= 11 is 0. The third-order valence-electron chi connectivity index (χ3n) is 2.16. The van der Waals surface area contributed by atoms with Crippen LogP contribution in [0.3, 0.4) is 0 Å². The van der Waals surface area contributed by atoms with E-state index in [1.807, 2.05) is 25.2 Å². The average molecular weight is 223 g/mol. The lowest BCUT2D eigenvalue weighted by molar-refractivity contribution is 0.302. The van der Waals surface area contributed by atoms with Crippen molar-refractivity contribution in [3.8, 4) is 11.5 Å². The van der Waals surface area contributed by atoms with Gasteiger partial charge in [0.15, 0.2) is 0 Å². The Morgan fingerprint density at radius 2 is 1.75 bits per heavy atom. The highest BCUT2D eigenvalue weighted by Gasteiger charge is 2.04. The van der Waals surface area contributed by atoms with Crippen molar-refractivity contribution in [2.75, 3.05) is 25.6 Å². The van der Waals surface area contributed by atoms with Gasteiger partial charge in [-0.05, 0) is 25.0 Å². The first-order valence-corrected chi connectivity index (χ1v) is 5.89. The number of hydrogen-bond acceptors (Lipinski definition) is 3. The fourth-order valence-electron chi connectivity index (χ4n) is 1.35. The van der Waals surface area contributed by atoms with Crippen LogP contribution in [-0.4, -0.2) is 20.3 Å². The Balaban J connectivity index is 2.74. The van der Waals surface area contributed by atoms with Gasteiger partial charge in [0.1, 0.15) is 11.5 Å². The molecule has 1 aromatic carbocycles. The van der Waals surface area contributed by atoms with Crippen LogP contribution in [0.5, 0.6) is 11.5 Å². The van der Waals surface area contributed by atoms with Crippen LogP contribution < -0.4 is 14.8 Å². The Kier molecular flexibility index (Phi) is 5.54. The van der Waals surface area contributed by atoms with Crippen molar-refractivity contribution in [1.82, 2.24) is 0 Å². The van der Waals surface area contributed by atoms with E-state index in [4.69, 9.17) is 9.47 Å². The predicted molar refractivity (Wildman–Crippen MR) is 67.6 cm³/mol. The second-order valence-corrected chi connectivity index (χ2v) is 3.60. The molecule has 0 aromatic heterocycles. The number of anilines is 1.